The Bertz CT molecular complexity index is 1180. The van der Waals surface area contributed by atoms with Crippen LogP contribution in [0.2, 0.25) is 0 Å². The van der Waals surface area contributed by atoms with Crippen LogP contribution in [0.25, 0.3) is 0 Å². The van der Waals surface area contributed by atoms with Gasteiger partial charge in [-0.1, -0.05) is 37.3 Å². The van der Waals surface area contributed by atoms with Gasteiger partial charge in [-0.2, -0.15) is 5.10 Å². The van der Waals surface area contributed by atoms with Gasteiger partial charge in [0, 0.05) is 12.1 Å². The third-order valence-electron chi connectivity index (χ3n) is 6.33. The van der Waals surface area contributed by atoms with Gasteiger partial charge in [0.25, 0.3) is 6.43 Å². The molecule has 0 spiro atoms. The number of alkyl halides is 2. The first-order valence-electron chi connectivity index (χ1n) is 11.4. The van der Waals surface area contributed by atoms with Gasteiger partial charge in [0.05, 0.1) is 18.7 Å². The summed E-state index contributed by atoms with van der Waals surface area (Å²) in [5.74, 6) is 1.58. The number of anilines is 1. The smallest absolute Gasteiger partial charge is 0.260 e. The van der Waals surface area contributed by atoms with Crippen LogP contribution in [0.5, 0.6) is 11.5 Å². The fourth-order valence-electron chi connectivity index (χ4n) is 4.40. The topological polar surface area (TPSA) is 77.4 Å². The molecule has 0 bridgehead atoms. The minimum Gasteiger partial charge on any atom is -0.454 e. The molecular formula is C25H26F2N4O3. The lowest BCUT2D eigenvalue weighted by atomic mass is 9.95. The summed E-state index contributed by atoms with van der Waals surface area (Å²) in [4.78, 5) is 12.7. The van der Waals surface area contributed by atoms with Crippen molar-refractivity contribution in [2.75, 3.05) is 12.1 Å². The molecule has 2 aromatic carbocycles. The van der Waals surface area contributed by atoms with Crippen molar-refractivity contribution >= 4 is 11.7 Å². The van der Waals surface area contributed by atoms with Gasteiger partial charge >= 0.3 is 0 Å². The van der Waals surface area contributed by atoms with Crippen LogP contribution in [0.15, 0.2) is 48.7 Å². The Labute approximate surface area is 196 Å². The number of carbonyl (C=O) groups excluding carboxylic acids is 1. The molecule has 0 saturated heterocycles. The van der Waals surface area contributed by atoms with E-state index in [1.807, 2.05) is 36.4 Å². The van der Waals surface area contributed by atoms with Gasteiger partial charge < -0.3 is 20.1 Å². The molecule has 0 radical (unpaired) electrons. The molecule has 0 unspecified atom stereocenters. The molecule has 3 aromatic rings. The van der Waals surface area contributed by atoms with Crippen LogP contribution in [0.4, 0.5) is 14.6 Å². The molecule has 178 valence electrons. The summed E-state index contributed by atoms with van der Waals surface area (Å²) in [5, 5.41) is 10.4. The van der Waals surface area contributed by atoms with E-state index >= 15 is 0 Å². The lowest BCUT2D eigenvalue weighted by Gasteiger charge is -2.33. The molecule has 9 heteroatoms. The first kappa shape index (κ1) is 22.2. The maximum atomic E-state index is 13.9. The van der Waals surface area contributed by atoms with Crippen LogP contribution in [0, 0.1) is 0 Å². The number of rotatable bonds is 7. The lowest BCUT2D eigenvalue weighted by molar-refractivity contribution is -0.120. The fraction of sp³-hybridized carbons (Fsp3) is 0.360. The van der Waals surface area contributed by atoms with E-state index in [4.69, 9.17) is 9.47 Å². The second-order valence-corrected chi connectivity index (χ2v) is 8.53. The molecule has 2 atom stereocenters. The van der Waals surface area contributed by atoms with E-state index in [1.165, 1.54) is 16.4 Å². The van der Waals surface area contributed by atoms with Gasteiger partial charge in [-0.05, 0) is 41.7 Å². The van der Waals surface area contributed by atoms with E-state index < -0.39 is 12.5 Å². The molecular weight excluding hydrogens is 442 g/mol. The van der Waals surface area contributed by atoms with E-state index in [-0.39, 0.29) is 31.6 Å². The highest BCUT2D eigenvalue weighted by atomic mass is 19.3. The van der Waals surface area contributed by atoms with Gasteiger partial charge in [-0.15, -0.1) is 0 Å². The molecule has 2 aliphatic heterocycles. The third-order valence-corrected chi connectivity index (χ3v) is 6.33. The predicted octanol–water partition coefficient (Wildman–Crippen LogP) is 4.40. The van der Waals surface area contributed by atoms with Crippen molar-refractivity contribution in [3.05, 3.63) is 70.9 Å². The van der Waals surface area contributed by atoms with Crippen molar-refractivity contribution in [2.45, 2.75) is 51.2 Å². The third kappa shape index (κ3) is 4.42. The molecule has 0 fully saturated rings. The zero-order chi connectivity index (χ0) is 23.7. The average Bonchev–Trinajstić information content (AvgIpc) is 3.49. The van der Waals surface area contributed by atoms with E-state index in [9.17, 15) is 13.6 Å². The summed E-state index contributed by atoms with van der Waals surface area (Å²) in [6.07, 6.45) is 0.0973. The summed E-state index contributed by atoms with van der Waals surface area (Å²) in [6, 6.07) is 12.1. The number of aryl methyl sites for hydroxylation is 1. The van der Waals surface area contributed by atoms with Crippen molar-refractivity contribution in [3.8, 4) is 11.5 Å². The van der Waals surface area contributed by atoms with Crippen molar-refractivity contribution in [2.24, 2.45) is 0 Å². The fourth-order valence-corrected chi connectivity index (χ4v) is 4.40. The summed E-state index contributed by atoms with van der Waals surface area (Å²) >= 11 is 0. The molecule has 7 nitrogen and oxygen atoms in total. The van der Waals surface area contributed by atoms with Gasteiger partial charge in [-0.25, -0.2) is 13.5 Å². The number of nitrogens with zero attached hydrogens (tertiary/aromatic N) is 2. The Morgan fingerprint density at radius 3 is 2.71 bits per heavy atom. The molecule has 0 saturated carbocycles. The van der Waals surface area contributed by atoms with Gasteiger partial charge in [0.15, 0.2) is 11.5 Å². The minimum absolute atomic E-state index is 0.0321. The Hall–Kier alpha value is -3.62. The number of fused-ring (bicyclic) bond motifs is 2. The first-order chi connectivity index (χ1) is 16.5. The largest absolute Gasteiger partial charge is 0.454 e. The van der Waals surface area contributed by atoms with Crippen LogP contribution >= 0.6 is 0 Å². The van der Waals surface area contributed by atoms with Crippen LogP contribution in [0.1, 0.15) is 47.7 Å². The number of amides is 1. The van der Waals surface area contributed by atoms with Gasteiger partial charge in [-0.3, -0.25) is 4.79 Å². The Morgan fingerprint density at radius 1 is 1.18 bits per heavy atom. The number of nitrogens with one attached hydrogen (secondary N) is 2. The van der Waals surface area contributed by atoms with Crippen LogP contribution in [0.3, 0.4) is 0 Å². The quantitative estimate of drug-likeness (QED) is 0.538. The average molecular weight is 469 g/mol. The number of benzene rings is 2. The number of aromatic nitrogens is 2. The van der Waals surface area contributed by atoms with Crippen LogP contribution < -0.4 is 20.1 Å². The zero-order valence-electron chi connectivity index (χ0n) is 18.8. The van der Waals surface area contributed by atoms with Crippen molar-refractivity contribution in [1.29, 1.82) is 0 Å². The summed E-state index contributed by atoms with van der Waals surface area (Å²) < 4.78 is 39.8. The van der Waals surface area contributed by atoms with Crippen molar-refractivity contribution in [3.63, 3.8) is 0 Å². The molecule has 5 rings (SSSR count). The number of hydrogen-bond acceptors (Lipinski definition) is 5. The maximum Gasteiger partial charge on any atom is 0.260 e. The highest BCUT2D eigenvalue weighted by molar-refractivity contribution is 5.80. The Kier molecular flexibility index (Phi) is 6.08. The molecule has 34 heavy (non-hydrogen) atoms. The number of carbonyl (C=O) groups is 1. The van der Waals surface area contributed by atoms with E-state index in [0.29, 0.717) is 29.4 Å². The van der Waals surface area contributed by atoms with E-state index in [2.05, 4.69) is 22.7 Å². The monoisotopic (exact) mass is 468 g/mol. The van der Waals surface area contributed by atoms with Gasteiger partial charge in [0.1, 0.15) is 11.9 Å². The number of ether oxygens (including phenoxy) is 2. The molecule has 0 aliphatic carbocycles. The van der Waals surface area contributed by atoms with Crippen molar-refractivity contribution < 1.29 is 23.0 Å². The lowest BCUT2D eigenvalue weighted by Crippen LogP contribution is -2.31. The highest BCUT2D eigenvalue weighted by Gasteiger charge is 2.35. The second-order valence-electron chi connectivity index (χ2n) is 8.53. The predicted molar refractivity (Wildman–Crippen MR) is 122 cm³/mol. The molecule has 3 heterocycles. The number of hydrogen-bond donors (Lipinski definition) is 2. The highest BCUT2D eigenvalue weighted by Crippen LogP contribution is 2.39. The SMILES string of the molecule is CCc1ccc([C@H]2C[C@@H](C(F)F)n3ncc(CC(=O)NCc4ccc5c(c4)OCO5)c3N2)cc1. The first-order valence-corrected chi connectivity index (χ1v) is 11.4. The number of halogens is 2. The van der Waals surface area contributed by atoms with Gasteiger partial charge in [0.2, 0.25) is 12.7 Å². The van der Waals surface area contributed by atoms with Crippen LogP contribution in [-0.2, 0) is 24.2 Å². The summed E-state index contributed by atoms with van der Waals surface area (Å²) in [5.41, 5.74) is 3.59. The standard InChI is InChI=1S/C25H26F2N4O3/c1-2-15-3-6-17(7-4-15)19-11-20(24(26)27)31-25(30-19)18(13-29-31)10-23(32)28-12-16-5-8-21-22(9-16)34-14-33-21/h3-9,13,19-20,24,30H,2,10-12,14H2,1H3,(H,28,32)/t19-,20+/m1/s1. The second kappa shape index (κ2) is 9.32. The Morgan fingerprint density at radius 2 is 1.94 bits per heavy atom. The molecule has 2 N–H and O–H groups in total. The van der Waals surface area contributed by atoms with E-state index in [1.54, 1.807) is 6.07 Å². The Balaban J connectivity index is 1.29. The maximum absolute atomic E-state index is 13.9. The van der Waals surface area contributed by atoms with Crippen molar-refractivity contribution in [1.82, 2.24) is 15.1 Å². The summed E-state index contributed by atoms with van der Waals surface area (Å²) in [7, 11) is 0. The van der Waals surface area contributed by atoms with Crippen LogP contribution in [-0.4, -0.2) is 28.9 Å². The van der Waals surface area contributed by atoms with E-state index in [0.717, 1.165) is 17.5 Å². The minimum atomic E-state index is -2.56. The summed E-state index contributed by atoms with van der Waals surface area (Å²) in [6.45, 7) is 2.58. The zero-order valence-corrected chi connectivity index (χ0v) is 18.8. The molecule has 1 amide bonds. The normalized spacial score (nSPS) is 18.5. The molecule has 1 aromatic heterocycles. The molecule has 2 aliphatic rings.